The summed E-state index contributed by atoms with van der Waals surface area (Å²) in [6.45, 7) is 1.70. The molecule has 4 rings (SSSR count). The van der Waals surface area contributed by atoms with Crippen LogP contribution in [-0.2, 0) is 25.6 Å². The predicted octanol–water partition coefficient (Wildman–Crippen LogP) is 3.09. The maximum Gasteiger partial charge on any atom is 0.184 e. The van der Waals surface area contributed by atoms with Crippen LogP contribution in [0, 0.1) is 0 Å². The van der Waals surface area contributed by atoms with Gasteiger partial charge in [0.2, 0.25) is 0 Å². The fourth-order valence-electron chi connectivity index (χ4n) is 2.97. The molecule has 4 atom stereocenters. The van der Waals surface area contributed by atoms with Gasteiger partial charge in [-0.1, -0.05) is 42.5 Å². The Bertz CT molecular complexity index is 668. The van der Waals surface area contributed by atoms with Gasteiger partial charge < -0.3 is 23.7 Å². The lowest BCUT2D eigenvalue weighted by Crippen LogP contribution is -2.45. The maximum absolute atomic E-state index is 6.14. The molecule has 2 aliphatic rings. The van der Waals surface area contributed by atoms with Gasteiger partial charge in [-0.05, 0) is 17.7 Å². The van der Waals surface area contributed by atoms with Gasteiger partial charge in [0.1, 0.15) is 24.1 Å². The maximum atomic E-state index is 6.14. The van der Waals surface area contributed by atoms with Gasteiger partial charge >= 0.3 is 0 Å². The molecule has 0 radical (unpaired) electrons. The molecule has 2 saturated heterocycles. The molecule has 2 aromatic carbocycles. The Morgan fingerprint density at radius 3 is 2.40 bits per heavy atom. The first kappa shape index (κ1) is 16.5. The third-order valence-electron chi connectivity index (χ3n) is 4.48. The average molecular weight is 342 g/mol. The first-order valence-electron chi connectivity index (χ1n) is 8.51. The number of epoxide rings is 1. The molecule has 132 valence electrons. The van der Waals surface area contributed by atoms with E-state index in [1.807, 2.05) is 54.6 Å². The summed E-state index contributed by atoms with van der Waals surface area (Å²) >= 11 is 0. The topological polar surface area (TPSA) is 49.5 Å². The molecular formula is C20H22O5. The van der Waals surface area contributed by atoms with E-state index in [0.717, 1.165) is 16.9 Å². The van der Waals surface area contributed by atoms with Gasteiger partial charge in [-0.25, -0.2) is 0 Å². The van der Waals surface area contributed by atoms with Crippen LogP contribution in [0.4, 0.5) is 0 Å². The molecule has 2 fully saturated rings. The van der Waals surface area contributed by atoms with E-state index in [0.29, 0.717) is 19.8 Å². The van der Waals surface area contributed by atoms with Gasteiger partial charge in [0, 0.05) is 5.56 Å². The van der Waals surface area contributed by atoms with Crippen molar-refractivity contribution in [3.63, 3.8) is 0 Å². The first-order chi connectivity index (χ1) is 12.3. The van der Waals surface area contributed by atoms with Crippen molar-refractivity contribution in [3.05, 3.63) is 65.7 Å². The smallest absolute Gasteiger partial charge is 0.184 e. The van der Waals surface area contributed by atoms with Crippen molar-refractivity contribution in [2.75, 3.05) is 20.3 Å². The molecular weight excluding hydrogens is 320 g/mol. The molecule has 0 saturated carbocycles. The number of rotatable bonds is 6. The minimum Gasteiger partial charge on any atom is -0.497 e. The quantitative estimate of drug-likeness (QED) is 0.755. The average Bonchev–Trinajstić information content (AvgIpc) is 3.52. The zero-order valence-electron chi connectivity index (χ0n) is 14.2. The zero-order chi connectivity index (χ0) is 17.1. The molecule has 0 spiro atoms. The number of ether oxygens (including phenoxy) is 5. The Morgan fingerprint density at radius 2 is 1.72 bits per heavy atom. The lowest BCUT2D eigenvalue weighted by atomic mass is 10.1. The summed E-state index contributed by atoms with van der Waals surface area (Å²) in [4.78, 5) is 0. The molecule has 0 N–H and O–H groups in total. The highest BCUT2D eigenvalue weighted by molar-refractivity contribution is 5.26. The van der Waals surface area contributed by atoms with E-state index in [9.17, 15) is 0 Å². The molecule has 2 aliphatic heterocycles. The second-order valence-electron chi connectivity index (χ2n) is 6.25. The van der Waals surface area contributed by atoms with E-state index in [-0.39, 0.29) is 24.6 Å². The van der Waals surface area contributed by atoms with E-state index in [1.165, 1.54) is 0 Å². The van der Waals surface area contributed by atoms with Crippen LogP contribution in [0.2, 0.25) is 0 Å². The Balaban J connectivity index is 1.38. The molecule has 0 amide bonds. The normalized spacial score (nSPS) is 28.5. The summed E-state index contributed by atoms with van der Waals surface area (Å²) in [6, 6.07) is 17.8. The van der Waals surface area contributed by atoms with Gasteiger partial charge in [-0.3, -0.25) is 0 Å². The largest absolute Gasteiger partial charge is 0.497 e. The van der Waals surface area contributed by atoms with Crippen LogP contribution in [0.15, 0.2) is 54.6 Å². The molecule has 2 aromatic rings. The summed E-state index contributed by atoms with van der Waals surface area (Å²) in [6.07, 6.45) is -0.529. The molecule has 5 nitrogen and oxygen atoms in total. The van der Waals surface area contributed by atoms with E-state index in [4.69, 9.17) is 23.7 Å². The molecule has 2 heterocycles. The van der Waals surface area contributed by atoms with Gasteiger partial charge in [-0.2, -0.15) is 0 Å². The Hall–Kier alpha value is -1.92. The minimum atomic E-state index is -0.365. The van der Waals surface area contributed by atoms with Crippen LogP contribution in [-0.4, -0.2) is 38.6 Å². The minimum absolute atomic E-state index is 0.0935. The second-order valence-corrected chi connectivity index (χ2v) is 6.25. The molecule has 25 heavy (non-hydrogen) atoms. The number of hydrogen-bond donors (Lipinski definition) is 0. The number of benzene rings is 2. The monoisotopic (exact) mass is 342 g/mol. The first-order valence-corrected chi connectivity index (χ1v) is 8.51. The molecule has 5 heteroatoms. The highest BCUT2D eigenvalue weighted by Gasteiger charge is 2.44. The third-order valence-corrected chi connectivity index (χ3v) is 4.48. The molecule has 0 aromatic heterocycles. The van der Waals surface area contributed by atoms with Crippen LogP contribution < -0.4 is 4.74 Å². The van der Waals surface area contributed by atoms with Crippen molar-refractivity contribution in [1.82, 2.24) is 0 Å². The van der Waals surface area contributed by atoms with Crippen LogP contribution in [0.5, 0.6) is 5.75 Å². The Morgan fingerprint density at radius 1 is 0.960 bits per heavy atom. The molecule has 0 bridgehead atoms. The second kappa shape index (κ2) is 7.54. The van der Waals surface area contributed by atoms with Gasteiger partial charge in [-0.15, -0.1) is 0 Å². The van der Waals surface area contributed by atoms with E-state index >= 15 is 0 Å². The van der Waals surface area contributed by atoms with Gasteiger partial charge in [0.05, 0.1) is 26.9 Å². The van der Waals surface area contributed by atoms with E-state index < -0.39 is 0 Å². The van der Waals surface area contributed by atoms with Gasteiger partial charge in [0.25, 0.3) is 0 Å². The molecule has 0 aliphatic carbocycles. The summed E-state index contributed by atoms with van der Waals surface area (Å²) in [5.41, 5.74) is 2.10. The third kappa shape index (κ3) is 4.02. The van der Waals surface area contributed by atoms with Crippen LogP contribution in [0.25, 0.3) is 0 Å². The fourth-order valence-corrected chi connectivity index (χ4v) is 2.97. The van der Waals surface area contributed by atoms with E-state index in [2.05, 4.69) is 0 Å². The van der Waals surface area contributed by atoms with Crippen molar-refractivity contribution in [1.29, 1.82) is 0 Å². The van der Waals surface area contributed by atoms with Crippen LogP contribution >= 0.6 is 0 Å². The highest BCUT2D eigenvalue weighted by atomic mass is 16.7. The van der Waals surface area contributed by atoms with Crippen LogP contribution in [0.1, 0.15) is 17.4 Å². The lowest BCUT2D eigenvalue weighted by molar-refractivity contribution is -0.271. The molecule has 3 unspecified atom stereocenters. The summed E-state index contributed by atoms with van der Waals surface area (Å²) < 4.78 is 28.7. The van der Waals surface area contributed by atoms with Crippen molar-refractivity contribution >= 4 is 0 Å². The lowest BCUT2D eigenvalue weighted by Gasteiger charge is -2.36. The van der Waals surface area contributed by atoms with Crippen molar-refractivity contribution in [2.45, 2.75) is 31.2 Å². The zero-order valence-corrected chi connectivity index (χ0v) is 14.2. The SMILES string of the molecule is COc1ccc(COC2COC(c3ccccc3)OC2[C@H]2CO2)cc1. The standard InChI is InChI=1S/C20H22O5/c1-21-16-9-7-14(8-10-16)11-22-18-13-24-20(15-5-3-2-4-6-15)25-19(18)17-12-23-17/h2-10,17-20H,11-13H2,1H3/t17-,18?,19?,20?/m1/s1. The van der Waals surface area contributed by atoms with Crippen LogP contribution in [0.3, 0.4) is 0 Å². The predicted molar refractivity (Wildman–Crippen MR) is 91.3 cm³/mol. The van der Waals surface area contributed by atoms with Crippen molar-refractivity contribution < 1.29 is 23.7 Å². The number of methoxy groups -OCH3 is 1. The fraction of sp³-hybridized carbons (Fsp3) is 0.400. The summed E-state index contributed by atoms with van der Waals surface area (Å²) in [7, 11) is 1.66. The summed E-state index contributed by atoms with van der Waals surface area (Å²) in [5.74, 6) is 0.836. The highest BCUT2D eigenvalue weighted by Crippen LogP contribution is 2.33. The Labute approximate surface area is 147 Å². The summed E-state index contributed by atoms with van der Waals surface area (Å²) in [5, 5.41) is 0. The Kier molecular flexibility index (Phi) is 4.99. The van der Waals surface area contributed by atoms with Crippen molar-refractivity contribution in [2.24, 2.45) is 0 Å². The van der Waals surface area contributed by atoms with E-state index in [1.54, 1.807) is 7.11 Å². The number of hydrogen-bond acceptors (Lipinski definition) is 5. The van der Waals surface area contributed by atoms with Gasteiger partial charge in [0.15, 0.2) is 6.29 Å². The van der Waals surface area contributed by atoms with Crippen molar-refractivity contribution in [3.8, 4) is 5.75 Å².